The molecule has 4 heteroatoms. The molecule has 3 aromatic heterocycles. The fourth-order valence-electron chi connectivity index (χ4n) is 7.79. The first kappa shape index (κ1) is 32.6. The van der Waals surface area contributed by atoms with E-state index in [4.69, 9.17) is 14.4 Å². The zero-order chi connectivity index (χ0) is 36.2. The number of benzene rings is 6. The Morgan fingerprint density at radius 2 is 1.13 bits per heavy atom. The molecule has 0 fully saturated rings. The number of furan rings is 1. The first-order valence-electron chi connectivity index (χ1n) is 18.5. The number of nitrogens with zero attached hydrogens (tertiary/aromatic N) is 3. The van der Waals surface area contributed by atoms with Crippen LogP contribution in [-0.2, 0) is 0 Å². The van der Waals surface area contributed by atoms with Crippen molar-refractivity contribution in [2.45, 2.75) is 46.5 Å². The van der Waals surface area contributed by atoms with Crippen LogP contribution in [0.15, 0.2) is 150 Å². The fraction of sp³-hybridized carbons (Fsp3) is 0.143. The van der Waals surface area contributed by atoms with Crippen molar-refractivity contribution in [2.75, 3.05) is 0 Å². The van der Waals surface area contributed by atoms with Crippen LogP contribution in [0.3, 0.4) is 0 Å². The van der Waals surface area contributed by atoms with Crippen LogP contribution in [0, 0.1) is 6.92 Å². The van der Waals surface area contributed by atoms with Crippen LogP contribution in [-0.4, -0.2) is 14.5 Å². The van der Waals surface area contributed by atoms with Gasteiger partial charge in [-0.1, -0.05) is 131 Å². The van der Waals surface area contributed by atoms with E-state index in [1.165, 1.54) is 39.1 Å². The third-order valence-corrected chi connectivity index (χ3v) is 10.6. The molecule has 9 aromatic rings. The molecule has 3 heterocycles. The van der Waals surface area contributed by atoms with Gasteiger partial charge in [0.2, 0.25) is 0 Å². The van der Waals surface area contributed by atoms with Gasteiger partial charge in [-0.05, 0) is 99.2 Å². The minimum atomic E-state index is 0.261. The molecular formula is C49H41N3O. The van der Waals surface area contributed by atoms with Crippen molar-refractivity contribution in [3.63, 3.8) is 0 Å². The summed E-state index contributed by atoms with van der Waals surface area (Å²) in [6.07, 6.45) is 3.87. The van der Waals surface area contributed by atoms with Crippen molar-refractivity contribution in [2.24, 2.45) is 0 Å². The molecule has 4 nitrogen and oxygen atoms in total. The second kappa shape index (κ2) is 13.1. The van der Waals surface area contributed by atoms with E-state index in [1.54, 1.807) is 0 Å². The van der Waals surface area contributed by atoms with Gasteiger partial charge < -0.3 is 4.42 Å². The quantitative estimate of drug-likeness (QED) is 0.167. The van der Waals surface area contributed by atoms with Crippen molar-refractivity contribution in [3.8, 4) is 50.5 Å². The number of pyridine rings is 1. The highest BCUT2D eigenvalue weighted by Crippen LogP contribution is 2.43. The molecular weight excluding hydrogens is 647 g/mol. The second-order valence-corrected chi connectivity index (χ2v) is 14.7. The smallest absolute Gasteiger partial charge is 0.149 e. The highest BCUT2D eigenvalue weighted by Gasteiger charge is 2.26. The maximum Gasteiger partial charge on any atom is 0.149 e. The molecule has 0 radical (unpaired) electrons. The number of aromatic nitrogens is 3. The molecule has 258 valence electrons. The van der Waals surface area contributed by atoms with Gasteiger partial charge in [-0.3, -0.25) is 9.55 Å². The summed E-state index contributed by atoms with van der Waals surface area (Å²) in [5.41, 5.74) is 16.5. The number of fused-ring (bicyclic) bond motifs is 4. The van der Waals surface area contributed by atoms with Gasteiger partial charge in [-0.2, -0.15) is 0 Å². The molecule has 0 bridgehead atoms. The normalized spacial score (nSPS) is 11.8. The van der Waals surface area contributed by atoms with Gasteiger partial charge >= 0.3 is 0 Å². The summed E-state index contributed by atoms with van der Waals surface area (Å²) in [6, 6.07) is 47.7. The van der Waals surface area contributed by atoms with Gasteiger partial charge in [0.05, 0.1) is 28.5 Å². The number of hydrogen-bond acceptors (Lipinski definition) is 3. The zero-order valence-corrected chi connectivity index (χ0v) is 30.8. The average Bonchev–Trinajstić information content (AvgIpc) is 3.77. The van der Waals surface area contributed by atoms with E-state index in [0.29, 0.717) is 0 Å². The van der Waals surface area contributed by atoms with Gasteiger partial charge in [0.15, 0.2) is 0 Å². The van der Waals surface area contributed by atoms with E-state index in [-0.39, 0.29) is 11.8 Å². The molecule has 0 N–H and O–H groups in total. The van der Waals surface area contributed by atoms with Crippen LogP contribution in [0.5, 0.6) is 0 Å². The minimum absolute atomic E-state index is 0.261. The van der Waals surface area contributed by atoms with Crippen LogP contribution in [0.2, 0.25) is 0 Å². The summed E-state index contributed by atoms with van der Waals surface area (Å²) in [4.78, 5) is 10.1. The van der Waals surface area contributed by atoms with Crippen molar-refractivity contribution < 1.29 is 4.42 Å². The minimum Gasteiger partial charge on any atom is -0.455 e. The van der Waals surface area contributed by atoms with Crippen molar-refractivity contribution >= 4 is 33.0 Å². The Kier molecular flexibility index (Phi) is 8.04. The number of para-hydroxylation sites is 1. The summed E-state index contributed by atoms with van der Waals surface area (Å²) in [5.74, 6) is 1.38. The lowest BCUT2D eigenvalue weighted by molar-refractivity contribution is 0.669. The Morgan fingerprint density at radius 1 is 0.547 bits per heavy atom. The predicted octanol–water partition coefficient (Wildman–Crippen LogP) is 13.5. The van der Waals surface area contributed by atoms with Crippen molar-refractivity contribution in [1.82, 2.24) is 14.5 Å². The summed E-state index contributed by atoms with van der Waals surface area (Å²) >= 11 is 0. The lowest BCUT2D eigenvalue weighted by Gasteiger charge is -2.24. The van der Waals surface area contributed by atoms with Gasteiger partial charge in [0.1, 0.15) is 17.0 Å². The lowest BCUT2D eigenvalue weighted by atomic mass is 9.88. The number of aryl methyl sites for hydroxylation is 1. The molecule has 0 unspecified atom stereocenters. The average molecular weight is 688 g/mol. The first-order valence-corrected chi connectivity index (χ1v) is 18.5. The predicted molar refractivity (Wildman–Crippen MR) is 221 cm³/mol. The Hall–Kier alpha value is -6.26. The largest absolute Gasteiger partial charge is 0.455 e. The standard InChI is InChI=1S/C49H41N3O/c1-30(2)42-25-38(34-15-10-7-11-16-34)26-43(31(3)4)47(42)52-44-29-50-28-32(5)46(44)51-49(52)41-18-12-17-40-39-24-23-37(27-45(39)53-48(40)41)36-21-19-35(20-22-36)33-13-8-6-9-14-33/h6-31H,1-5H3. The van der Waals surface area contributed by atoms with Crippen LogP contribution in [0.4, 0.5) is 0 Å². The number of imidazole rings is 1. The summed E-state index contributed by atoms with van der Waals surface area (Å²) in [6.45, 7) is 11.2. The molecule has 9 rings (SSSR count). The van der Waals surface area contributed by atoms with E-state index in [0.717, 1.165) is 61.1 Å². The Bertz CT molecular complexity index is 2740. The number of rotatable bonds is 7. The van der Waals surface area contributed by atoms with E-state index < -0.39 is 0 Å². The monoisotopic (exact) mass is 687 g/mol. The molecule has 0 aliphatic carbocycles. The summed E-state index contributed by atoms with van der Waals surface area (Å²) < 4.78 is 9.23. The van der Waals surface area contributed by atoms with Gasteiger partial charge in [-0.15, -0.1) is 0 Å². The second-order valence-electron chi connectivity index (χ2n) is 14.7. The third kappa shape index (κ3) is 5.62. The highest BCUT2D eigenvalue weighted by atomic mass is 16.3. The maximum atomic E-state index is 6.87. The molecule has 0 aliphatic heterocycles. The molecule has 0 spiro atoms. The summed E-state index contributed by atoms with van der Waals surface area (Å²) in [7, 11) is 0. The molecule has 6 aromatic carbocycles. The van der Waals surface area contributed by atoms with E-state index in [2.05, 4.69) is 173 Å². The first-order chi connectivity index (χ1) is 25.9. The molecule has 0 atom stereocenters. The Balaban J connectivity index is 1.25. The van der Waals surface area contributed by atoms with Crippen LogP contribution >= 0.6 is 0 Å². The van der Waals surface area contributed by atoms with E-state index in [9.17, 15) is 0 Å². The van der Waals surface area contributed by atoms with Gasteiger partial charge in [0, 0.05) is 17.0 Å². The lowest BCUT2D eigenvalue weighted by Crippen LogP contribution is -2.09. The van der Waals surface area contributed by atoms with Gasteiger partial charge in [-0.25, -0.2) is 4.98 Å². The fourth-order valence-corrected chi connectivity index (χ4v) is 7.79. The summed E-state index contributed by atoms with van der Waals surface area (Å²) in [5, 5.41) is 2.16. The van der Waals surface area contributed by atoms with Crippen molar-refractivity contribution in [3.05, 3.63) is 163 Å². The van der Waals surface area contributed by atoms with Crippen molar-refractivity contribution in [1.29, 1.82) is 0 Å². The number of hydrogen-bond donors (Lipinski definition) is 0. The topological polar surface area (TPSA) is 43.9 Å². The Labute approximate surface area is 310 Å². The molecule has 53 heavy (non-hydrogen) atoms. The maximum absolute atomic E-state index is 6.87. The third-order valence-electron chi connectivity index (χ3n) is 10.6. The molecule has 0 amide bonds. The van der Waals surface area contributed by atoms with Gasteiger partial charge in [0.25, 0.3) is 0 Å². The van der Waals surface area contributed by atoms with Crippen LogP contribution in [0.1, 0.15) is 56.2 Å². The van der Waals surface area contributed by atoms with Crippen LogP contribution in [0.25, 0.3) is 83.4 Å². The molecule has 0 aliphatic rings. The Morgan fingerprint density at radius 3 is 1.77 bits per heavy atom. The highest BCUT2D eigenvalue weighted by molar-refractivity contribution is 6.10. The van der Waals surface area contributed by atoms with E-state index in [1.807, 2.05) is 12.4 Å². The SMILES string of the molecule is Cc1cncc2c1nc(-c1cccc3c1oc1cc(-c4ccc(-c5ccccc5)cc4)ccc13)n2-c1c(C(C)C)cc(-c2ccccc2)cc1C(C)C. The van der Waals surface area contributed by atoms with Crippen LogP contribution < -0.4 is 0 Å². The molecule has 0 saturated heterocycles. The van der Waals surface area contributed by atoms with E-state index >= 15 is 0 Å². The molecule has 0 saturated carbocycles. The zero-order valence-electron chi connectivity index (χ0n) is 30.8.